The molecule has 2 aromatic rings. The van der Waals surface area contributed by atoms with Gasteiger partial charge in [0.05, 0.1) is 23.6 Å². The largest absolute Gasteiger partial charge is 0.228 e. The minimum absolute atomic E-state index is 0.0364. The molecule has 0 radical (unpaired) electrons. The van der Waals surface area contributed by atoms with Crippen molar-refractivity contribution in [3.63, 3.8) is 0 Å². The van der Waals surface area contributed by atoms with E-state index in [2.05, 4.69) is 0 Å². The Labute approximate surface area is 147 Å². The highest BCUT2D eigenvalue weighted by Crippen LogP contribution is 2.15. The van der Waals surface area contributed by atoms with Crippen LogP contribution in [0.2, 0.25) is 0 Å². The molecule has 5 heteroatoms. The van der Waals surface area contributed by atoms with Crippen LogP contribution in [-0.4, -0.2) is 8.42 Å². The van der Waals surface area contributed by atoms with Gasteiger partial charge in [0.2, 0.25) is 0 Å². The van der Waals surface area contributed by atoms with Gasteiger partial charge >= 0.3 is 0 Å². The molecule has 2 aromatic carbocycles. The maximum Gasteiger partial charge on any atom is 0.158 e. The molecule has 0 fully saturated rings. The van der Waals surface area contributed by atoms with Gasteiger partial charge in [-0.3, -0.25) is 0 Å². The lowest BCUT2D eigenvalue weighted by Gasteiger charge is -2.06. The van der Waals surface area contributed by atoms with Gasteiger partial charge < -0.3 is 0 Å². The molecule has 124 valence electrons. The Hall–Kier alpha value is -3.15. The second-order valence-corrected chi connectivity index (χ2v) is 7.50. The third-order valence-electron chi connectivity index (χ3n) is 3.43. The molecule has 0 aliphatic carbocycles. The van der Waals surface area contributed by atoms with Crippen molar-refractivity contribution in [1.29, 1.82) is 10.5 Å². The Kier molecular flexibility index (Phi) is 6.28. The summed E-state index contributed by atoms with van der Waals surface area (Å²) in [6.07, 6.45) is 6.09. The zero-order valence-electron chi connectivity index (χ0n) is 13.5. The normalized spacial score (nSPS) is 11.4. The van der Waals surface area contributed by atoms with Crippen LogP contribution < -0.4 is 0 Å². The molecule has 0 bridgehead atoms. The molecule has 0 spiro atoms. The van der Waals surface area contributed by atoms with Crippen molar-refractivity contribution in [2.45, 2.75) is 11.5 Å². The van der Waals surface area contributed by atoms with Crippen LogP contribution in [0.4, 0.5) is 0 Å². The fourth-order valence-electron chi connectivity index (χ4n) is 2.28. The summed E-state index contributed by atoms with van der Waals surface area (Å²) in [6, 6.07) is 18.0. The zero-order valence-corrected chi connectivity index (χ0v) is 14.3. The molecule has 0 N–H and O–H groups in total. The number of benzene rings is 2. The van der Waals surface area contributed by atoms with Crippen molar-refractivity contribution in [3.05, 3.63) is 82.9 Å². The van der Waals surface area contributed by atoms with Crippen molar-refractivity contribution in [2.75, 3.05) is 0 Å². The van der Waals surface area contributed by atoms with E-state index in [4.69, 9.17) is 10.5 Å². The molecular formula is C20H16N2O2S. The minimum atomic E-state index is -3.29. The first-order valence-corrected chi connectivity index (χ1v) is 9.35. The molecule has 0 atom stereocenters. The minimum Gasteiger partial charge on any atom is -0.228 e. The lowest BCUT2D eigenvalue weighted by molar-refractivity contribution is 0.594. The summed E-state index contributed by atoms with van der Waals surface area (Å²) in [7, 11) is -3.29. The smallest absolute Gasteiger partial charge is 0.158 e. The van der Waals surface area contributed by atoms with Crippen LogP contribution in [-0.2, 0) is 21.3 Å². The second kappa shape index (κ2) is 8.63. The van der Waals surface area contributed by atoms with Crippen molar-refractivity contribution in [3.8, 4) is 12.1 Å². The van der Waals surface area contributed by atoms with Gasteiger partial charge in [0.1, 0.15) is 0 Å². The zero-order chi connectivity index (χ0) is 18.1. The summed E-state index contributed by atoms with van der Waals surface area (Å²) >= 11 is 0. The molecule has 0 saturated carbocycles. The van der Waals surface area contributed by atoms with Gasteiger partial charge in [-0.25, -0.2) is 8.42 Å². The predicted octanol–water partition coefficient (Wildman–Crippen LogP) is 3.88. The summed E-state index contributed by atoms with van der Waals surface area (Å²) in [6.45, 7) is 0. The van der Waals surface area contributed by atoms with Crippen molar-refractivity contribution >= 4 is 22.0 Å². The van der Waals surface area contributed by atoms with Crippen molar-refractivity contribution < 1.29 is 8.42 Å². The maximum absolute atomic E-state index is 12.4. The highest BCUT2D eigenvalue weighted by Gasteiger charge is 2.13. The van der Waals surface area contributed by atoms with Crippen molar-refractivity contribution in [1.82, 2.24) is 0 Å². The van der Waals surface area contributed by atoms with Crippen LogP contribution in [0.3, 0.4) is 0 Å². The lowest BCUT2D eigenvalue weighted by atomic mass is 10.1. The van der Waals surface area contributed by atoms with E-state index in [-0.39, 0.29) is 11.5 Å². The highest BCUT2D eigenvalue weighted by molar-refractivity contribution is 7.89. The molecule has 25 heavy (non-hydrogen) atoms. The van der Waals surface area contributed by atoms with Crippen LogP contribution in [0.25, 0.3) is 12.2 Å². The number of allylic oxidation sites excluding steroid dienone is 2. The molecule has 0 unspecified atom stereocenters. The Morgan fingerprint density at radius 3 is 1.40 bits per heavy atom. The summed E-state index contributed by atoms with van der Waals surface area (Å²) in [5.74, 6) is -0.0728. The van der Waals surface area contributed by atoms with Gasteiger partial charge in [-0.15, -0.1) is 0 Å². The van der Waals surface area contributed by atoms with Gasteiger partial charge in [-0.05, 0) is 34.4 Å². The molecule has 4 nitrogen and oxygen atoms in total. The summed E-state index contributed by atoms with van der Waals surface area (Å²) < 4.78 is 24.7. The van der Waals surface area contributed by atoms with Gasteiger partial charge in [-0.2, -0.15) is 10.5 Å². The number of nitrogens with zero attached hydrogens (tertiary/aromatic N) is 2. The Balaban J connectivity index is 2.04. The molecule has 0 aliphatic rings. The fraction of sp³-hybridized carbons (Fsp3) is 0.100. The number of hydrogen-bond acceptors (Lipinski definition) is 4. The second-order valence-electron chi connectivity index (χ2n) is 5.44. The standard InChI is InChI=1S/C20H16N2O2S/c21-13-1-3-17-5-9-19(10-6-17)15-25(23,24)16-20-11-7-18(8-12-20)4-2-14-22/h1-12H,15-16H2. The van der Waals surface area contributed by atoms with Crippen LogP contribution in [0.5, 0.6) is 0 Å². The Morgan fingerprint density at radius 2 is 1.08 bits per heavy atom. The van der Waals surface area contributed by atoms with E-state index >= 15 is 0 Å². The van der Waals surface area contributed by atoms with E-state index in [1.807, 2.05) is 12.1 Å². The average molecular weight is 348 g/mol. The van der Waals surface area contributed by atoms with E-state index in [1.54, 1.807) is 60.7 Å². The molecule has 0 amide bonds. The first-order valence-electron chi connectivity index (χ1n) is 7.53. The lowest BCUT2D eigenvalue weighted by Crippen LogP contribution is -2.07. The van der Waals surface area contributed by atoms with Gasteiger partial charge in [0.15, 0.2) is 9.84 Å². The van der Waals surface area contributed by atoms with Crippen molar-refractivity contribution in [2.24, 2.45) is 0 Å². The third kappa shape index (κ3) is 6.10. The van der Waals surface area contributed by atoms with Crippen LogP contribution in [0.1, 0.15) is 22.3 Å². The highest BCUT2D eigenvalue weighted by atomic mass is 32.2. The van der Waals surface area contributed by atoms with Gasteiger partial charge in [-0.1, -0.05) is 48.5 Å². The fourth-order valence-corrected chi connectivity index (χ4v) is 3.78. The first-order chi connectivity index (χ1) is 12.0. The monoisotopic (exact) mass is 348 g/mol. The summed E-state index contributed by atoms with van der Waals surface area (Å²) in [5.41, 5.74) is 3.12. The Bertz CT molecular complexity index is 881. The van der Waals surface area contributed by atoms with Gasteiger partial charge in [0, 0.05) is 12.2 Å². The van der Waals surface area contributed by atoms with Gasteiger partial charge in [0.25, 0.3) is 0 Å². The molecule has 0 heterocycles. The topological polar surface area (TPSA) is 81.7 Å². The quantitative estimate of drug-likeness (QED) is 0.742. The average Bonchev–Trinajstić information content (AvgIpc) is 2.60. The number of rotatable bonds is 6. The van der Waals surface area contributed by atoms with E-state index in [0.717, 1.165) is 11.1 Å². The number of hydrogen-bond donors (Lipinski definition) is 0. The number of sulfone groups is 1. The third-order valence-corrected chi connectivity index (χ3v) is 4.98. The molecule has 0 saturated heterocycles. The Morgan fingerprint density at radius 1 is 0.720 bits per heavy atom. The van der Waals surface area contributed by atoms with E-state index < -0.39 is 9.84 Å². The SMILES string of the molecule is N#CC=Cc1ccc(CS(=O)(=O)Cc2ccc(C=CC#N)cc2)cc1. The molecule has 0 aliphatic heterocycles. The maximum atomic E-state index is 12.4. The van der Waals surface area contributed by atoms with E-state index in [1.165, 1.54) is 12.2 Å². The molecular weight excluding hydrogens is 332 g/mol. The van der Waals surface area contributed by atoms with E-state index in [9.17, 15) is 8.42 Å². The van der Waals surface area contributed by atoms with Crippen LogP contribution in [0.15, 0.2) is 60.7 Å². The first kappa shape index (κ1) is 18.2. The van der Waals surface area contributed by atoms with E-state index in [0.29, 0.717) is 11.1 Å². The van der Waals surface area contributed by atoms with Crippen LogP contribution in [0, 0.1) is 22.7 Å². The summed E-state index contributed by atoms with van der Waals surface area (Å²) in [4.78, 5) is 0. The molecule has 2 rings (SSSR count). The predicted molar refractivity (Wildman–Crippen MR) is 98.5 cm³/mol. The number of nitriles is 2. The summed E-state index contributed by atoms with van der Waals surface area (Å²) in [5, 5.41) is 17.0. The molecule has 0 aromatic heterocycles. The van der Waals surface area contributed by atoms with Crippen LogP contribution >= 0.6 is 0 Å².